The fourth-order valence-corrected chi connectivity index (χ4v) is 0.944. The van der Waals surface area contributed by atoms with Crippen LogP contribution < -0.4 is 0 Å². The Morgan fingerprint density at radius 2 is 2.15 bits per heavy atom. The van der Waals surface area contributed by atoms with Crippen LogP contribution in [-0.2, 0) is 17.5 Å². The van der Waals surface area contributed by atoms with Gasteiger partial charge in [-0.1, -0.05) is 0 Å². The minimum Gasteiger partial charge on any atom is -0.383 e. The van der Waals surface area contributed by atoms with Gasteiger partial charge in [0, 0.05) is 26.0 Å². The van der Waals surface area contributed by atoms with Crippen LogP contribution in [0.2, 0.25) is 0 Å². The molecule has 0 fully saturated rings. The van der Waals surface area contributed by atoms with Crippen LogP contribution in [0.25, 0.3) is 0 Å². The van der Waals surface area contributed by atoms with Crippen molar-refractivity contribution in [2.75, 3.05) is 13.7 Å². The molecule has 1 aromatic heterocycles. The standard InChI is InChI=1S/C8H10F3NO/c1-13-5-4-12-3-2-7(6-12)8(9,10)11/h2-3,6H,4-5H2,1H3. The zero-order chi connectivity index (χ0) is 9.90. The second-order valence-corrected chi connectivity index (χ2v) is 2.63. The highest BCUT2D eigenvalue weighted by atomic mass is 19.4. The van der Waals surface area contributed by atoms with Crippen molar-refractivity contribution in [1.29, 1.82) is 0 Å². The largest absolute Gasteiger partial charge is 0.417 e. The molecule has 0 aromatic carbocycles. The van der Waals surface area contributed by atoms with E-state index in [4.69, 9.17) is 4.74 Å². The van der Waals surface area contributed by atoms with Crippen LogP contribution in [0.15, 0.2) is 18.5 Å². The topological polar surface area (TPSA) is 14.2 Å². The maximum Gasteiger partial charge on any atom is 0.417 e. The van der Waals surface area contributed by atoms with E-state index in [-0.39, 0.29) is 0 Å². The molecule has 1 heterocycles. The van der Waals surface area contributed by atoms with Crippen molar-refractivity contribution in [3.63, 3.8) is 0 Å². The molecule has 1 aromatic rings. The van der Waals surface area contributed by atoms with E-state index < -0.39 is 11.7 Å². The Balaban J connectivity index is 2.64. The molecule has 0 spiro atoms. The summed E-state index contributed by atoms with van der Waals surface area (Å²) in [5.74, 6) is 0. The summed E-state index contributed by atoms with van der Waals surface area (Å²) in [7, 11) is 1.51. The molecule has 0 unspecified atom stereocenters. The first-order valence-corrected chi connectivity index (χ1v) is 3.76. The van der Waals surface area contributed by atoms with Gasteiger partial charge in [-0.05, 0) is 6.07 Å². The molecule has 0 aliphatic rings. The van der Waals surface area contributed by atoms with E-state index in [1.165, 1.54) is 17.9 Å². The summed E-state index contributed by atoms with van der Waals surface area (Å²) in [5, 5.41) is 0. The summed E-state index contributed by atoms with van der Waals surface area (Å²) in [5.41, 5.74) is -0.622. The third-order valence-electron chi connectivity index (χ3n) is 1.63. The smallest absolute Gasteiger partial charge is 0.383 e. The Morgan fingerprint density at radius 1 is 1.46 bits per heavy atom. The van der Waals surface area contributed by atoms with Crippen LogP contribution in [-0.4, -0.2) is 18.3 Å². The average molecular weight is 193 g/mol. The summed E-state index contributed by atoms with van der Waals surface area (Å²) < 4.78 is 42.4. The Hall–Kier alpha value is -0.970. The van der Waals surface area contributed by atoms with Gasteiger partial charge in [-0.2, -0.15) is 13.2 Å². The van der Waals surface area contributed by atoms with E-state index >= 15 is 0 Å². The zero-order valence-electron chi connectivity index (χ0n) is 7.14. The van der Waals surface area contributed by atoms with Gasteiger partial charge in [-0.3, -0.25) is 0 Å². The quantitative estimate of drug-likeness (QED) is 0.717. The van der Waals surface area contributed by atoms with Crippen molar-refractivity contribution in [3.8, 4) is 0 Å². The molecule has 0 saturated carbocycles. The maximum absolute atomic E-state index is 12.1. The summed E-state index contributed by atoms with van der Waals surface area (Å²) >= 11 is 0. The predicted molar refractivity (Wildman–Crippen MR) is 41.3 cm³/mol. The second-order valence-electron chi connectivity index (χ2n) is 2.63. The number of aromatic nitrogens is 1. The van der Waals surface area contributed by atoms with Gasteiger partial charge in [0.05, 0.1) is 12.2 Å². The molecule has 74 valence electrons. The number of methoxy groups -OCH3 is 1. The molecule has 13 heavy (non-hydrogen) atoms. The third-order valence-corrected chi connectivity index (χ3v) is 1.63. The third kappa shape index (κ3) is 2.77. The molecule has 0 amide bonds. The molecular formula is C8H10F3NO. The number of halogens is 3. The van der Waals surface area contributed by atoms with Gasteiger partial charge in [0.1, 0.15) is 0 Å². The van der Waals surface area contributed by atoms with Gasteiger partial charge in [0.25, 0.3) is 0 Å². The first-order chi connectivity index (χ1) is 6.04. The number of rotatable bonds is 3. The van der Waals surface area contributed by atoms with Gasteiger partial charge in [0.2, 0.25) is 0 Å². The predicted octanol–water partition coefficient (Wildman–Crippen LogP) is 2.15. The SMILES string of the molecule is COCCn1ccc(C(F)(F)F)c1. The first kappa shape index (κ1) is 10.1. The number of alkyl halides is 3. The first-order valence-electron chi connectivity index (χ1n) is 3.76. The maximum atomic E-state index is 12.1. The van der Waals surface area contributed by atoms with E-state index in [1.807, 2.05) is 0 Å². The molecule has 0 bridgehead atoms. The highest BCUT2D eigenvalue weighted by molar-refractivity contribution is 5.13. The van der Waals surface area contributed by atoms with E-state index in [2.05, 4.69) is 0 Å². The van der Waals surface area contributed by atoms with Crippen LogP contribution in [0, 0.1) is 0 Å². The lowest BCUT2D eigenvalue weighted by Crippen LogP contribution is -2.05. The highest BCUT2D eigenvalue weighted by Gasteiger charge is 2.31. The van der Waals surface area contributed by atoms with Gasteiger partial charge < -0.3 is 9.30 Å². The summed E-state index contributed by atoms with van der Waals surface area (Å²) in [6, 6.07) is 1.05. The lowest BCUT2D eigenvalue weighted by molar-refractivity contribution is -0.137. The number of nitrogens with zero attached hydrogens (tertiary/aromatic N) is 1. The zero-order valence-corrected chi connectivity index (χ0v) is 7.14. The molecule has 0 aliphatic carbocycles. The van der Waals surface area contributed by atoms with Gasteiger partial charge in [-0.25, -0.2) is 0 Å². The van der Waals surface area contributed by atoms with Crippen molar-refractivity contribution in [1.82, 2.24) is 4.57 Å². The summed E-state index contributed by atoms with van der Waals surface area (Å²) in [6.07, 6.45) is -1.79. The molecule has 0 N–H and O–H groups in total. The molecular weight excluding hydrogens is 183 g/mol. The van der Waals surface area contributed by atoms with Crippen LogP contribution >= 0.6 is 0 Å². The van der Waals surface area contributed by atoms with Crippen molar-refractivity contribution in [2.24, 2.45) is 0 Å². The Labute approximate surface area is 73.9 Å². The van der Waals surface area contributed by atoms with Gasteiger partial charge in [0.15, 0.2) is 0 Å². The van der Waals surface area contributed by atoms with Gasteiger partial charge in [-0.15, -0.1) is 0 Å². The molecule has 0 saturated heterocycles. The van der Waals surface area contributed by atoms with Crippen LogP contribution in [0.5, 0.6) is 0 Å². The minimum absolute atomic E-state index is 0.409. The van der Waals surface area contributed by atoms with E-state index in [0.717, 1.165) is 12.3 Å². The van der Waals surface area contributed by atoms with Crippen LogP contribution in [0.1, 0.15) is 5.56 Å². The molecule has 2 nitrogen and oxygen atoms in total. The highest BCUT2D eigenvalue weighted by Crippen LogP contribution is 2.29. The minimum atomic E-state index is -4.25. The Bertz CT molecular complexity index is 267. The molecule has 0 atom stereocenters. The van der Waals surface area contributed by atoms with Gasteiger partial charge >= 0.3 is 6.18 Å². The summed E-state index contributed by atoms with van der Waals surface area (Å²) in [6.45, 7) is 0.846. The van der Waals surface area contributed by atoms with Crippen molar-refractivity contribution in [3.05, 3.63) is 24.0 Å². The molecule has 5 heteroatoms. The monoisotopic (exact) mass is 193 g/mol. The average Bonchev–Trinajstić information content (AvgIpc) is 2.47. The van der Waals surface area contributed by atoms with Crippen molar-refractivity contribution < 1.29 is 17.9 Å². The number of hydrogen-bond acceptors (Lipinski definition) is 1. The Morgan fingerprint density at radius 3 is 2.62 bits per heavy atom. The normalized spacial score (nSPS) is 12.0. The lowest BCUT2D eigenvalue weighted by Gasteiger charge is -2.03. The fourth-order valence-electron chi connectivity index (χ4n) is 0.944. The number of ether oxygens (including phenoxy) is 1. The second kappa shape index (κ2) is 3.83. The van der Waals surface area contributed by atoms with E-state index in [1.54, 1.807) is 0 Å². The van der Waals surface area contributed by atoms with Crippen molar-refractivity contribution in [2.45, 2.75) is 12.7 Å². The van der Waals surface area contributed by atoms with Crippen LogP contribution in [0.3, 0.4) is 0 Å². The number of hydrogen-bond donors (Lipinski definition) is 0. The van der Waals surface area contributed by atoms with E-state index in [9.17, 15) is 13.2 Å². The molecule has 0 radical (unpaired) electrons. The van der Waals surface area contributed by atoms with Crippen molar-refractivity contribution >= 4 is 0 Å². The summed E-state index contributed by atoms with van der Waals surface area (Å²) in [4.78, 5) is 0. The fraction of sp³-hybridized carbons (Fsp3) is 0.500. The van der Waals surface area contributed by atoms with Crippen LogP contribution in [0.4, 0.5) is 13.2 Å². The molecule has 1 rings (SSSR count). The Kier molecular flexibility index (Phi) is 2.98. The molecule has 0 aliphatic heterocycles. The van der Waals surface area contributed by atoms with E-state index in [0.29, 0.717) is 13.2 Å². The lowest BCUT2D eigenvalue weighted by atomic mass is 10.3.